The molecule has 0 bridgehead atoms. The first-order chi connectivity index (χ1) is 9.28. The second-order valence-corrected chi connectivity index (χ2v) is 4.97. The molecule has 2 aromatic heterocycles. The number of hydrogen-bond donors (Lipinski definition) is 0. The molecule has 19 heavy (non-hydrogen) atoms. The summed E-state index contributed by atoms with van der Waals surface area (Å²) < 4.78 is 8.34. The van der Waals surface area contributed by atoms with Crippen LogP contribution in [-0.2, 0) is 0 Å². The van der Waals surface area contributed by atoms with Crippen LogP contribution in [0.4, 0.5) is 0 Å². The maximum absolute atomic E-state index is 5.44. The lowest BCUT2D eigenvalue weighted by molar-refractivity contribution is 0.327. The first kappa shape index (κ1) is 12.2. The SMILES string of the molecule is CCOc1cc2c(cn1)cnn2-c1cccc(Br)c1. The average molecular weight is 318 g/mol. The van der Waals surface area contributed by atoms with Crippen molar-refractivity contribution >= 4 is 26.8 Å². The van der Waals surface area contributed by atoms with Gasteiger partial charge in [0.15, 0.2) is 0 Å². The van der Waals surface area contributed by atoms with Crippen molar-refractivity contribution < 1.29 is 4.74 Å². The van der Waals surface area contributed by atoms with Crippen LogP contribution in [0.25, 0.3) is 16.6 Å². The fourth-order valence-electron chi connectivity index (χ4n) is 1.94. The Kier molecular flexibility index (Phi) is 3.21. The van der Waals surface area contributed by atoms with E-state index in [4.69, 9.17) is 4.74 Å². The van der Waals surface area contributed by atoms with E-state index in [1.165, 1.54) is 0 Å². The van der Waals surface area contributed by atoms with Gasteiger partial charge in [-0.25, -0.2) is 9.67 Å². The molecule has 0 aliphatic heterocycles. The molecule has 1 aromatic carbocycles. The molecular formula is C14H12BrN3O. The van der Waals surface area contributed by atoms with E-state index in [9.17, 15) is 0 Å². The van der Waals surface area contributed by atoms with E-state index in [1.54, 1.807) is 12.4 Å². The molecule has 0 aliphatic carbocycles. The van der Waals surface area contributed by atoms with Crippen molar-refractivity contribution in [2.75, 3.05) is 6.61 Å². The van der Waals surface area contributed by atoms with E-state index in [2.05, 4.69) is 26.0 Å². The number of benzene rings is 1. The van der Waals surface area contributed by atoms with Gasteiger partial charge in [-0.1, -0.05) is 22.0 Å². The van der Waals surface area contributed by atoms with Crippen LogP contribution in [0, 0.1) is 0 Å². The minimum atomic E-state index is 0.601. The molecule has 5 heteroatoms. The van der Waals surface area contributed by atoms with E-state index < -0.39 is 0 Å². The van der Waals surface area contributed by atoms with Gasteiger partial charge in [0.1, 0.15) is 0 Å². The summed E-state index contributed by atoms with van der Waals surface area (Å²) >= 11 is 3.47. The topological polar surface area (TPSA) is 39.9 Å². The lowest BCUT2D eigenvalue weighted by atomic mass is 10.3. The standard InChI is InChI=1S/C14H12BrN3O/c1-2-19-14-7-13-10(8-16-14)9-17-18(13)12-5-3-4-11(15)6-12/h3-9H,2H2,1H3. The Morgan fingerprint density at radius 1 is 1.26 bits per heavy atom. The molecule has 0 amide bonds. The molecule has 0 spiro atoms. The summed E-state index contributed by atoms with van der Waals surface area (Å²) in [6.07, 6.45) is 3.58. The second-order valence-electron chi connectivity index (χ2n) is 4.05. The number of ether oxygens (including phenoxy) is 1. The summed E-state index contributed by atoms with van der Waals surface area (Å²) in [6, 6.07) is 9.91. The number of halogens is 1. The zero-order chi connectivity index (χ0) is 13.2. The largest absolute Gasteiger partial charge is 0.478 e. The minimum Gasteiger partial charge on any atom is -0.478 e. The van der Waals surface area contributed by atoms with Crippen LogP contribution < -0.4 is 4.74 Å². The number of rotatable bonds is 3. The van der Waals surface area contributed by atoms with Crippen LogP contribution in [-0.4, -0.2) is 21.4 Å². The van der Waals surface area contributed by atoms with Crippen LogP contribution in [0.15, 0.2) is 47.2 Å². The molecule has 4 nitrogen and oxygen atoms in total. The van der Waals surface area contributed by atoms with E-state index in [0.29, 0.717) is 12.5 Å². The summed E-state index contributed by atoms with van der Waals surface area (Å²) in [7, 11) is 0. The highest BCUT2D eigenvalue weighted by Crippen LogP contribution is 2.22. The predicted octanol–water partition coefficient (Wildman–Crippen LogP) is 3.58. The number of aromatic nitrogens is 3. The van der Waals surface area contributed by atoms with Gasteiger partial charge in [-0.2, -0.15) is 5.10 Å². The molecule has 3 rings (SSSR count). The predicted molar refractivity (Wildman–Crippen MR) is 77.7 cm³/mol. The maximum Gasteiger partial charge on any atom is 0.215 e. The molecule has 0 N–H and O–H groups in total. The van der Waals surface area contributed by atoms with E-state index >= 15 is 0 Å². The highest BCUT2D eigenvalue weighted by atomic mass is 79.9. The zero-order valence-electron chi connectivity index (χ0n) is 10.4. The summed E-state index contributed by atoms with van der Waals surface area (Å²) in [6.45, 7) is 2.54. The molecule has 0 aliphatic rings. The Morgan fingerprint density at radius 3 is 2.95 bits per heavy atom. The molecule has 0 saturated carbocycles. The van der Waals surface area contributed by atoms with Gasteiger partial charge in [-0.3, -0.25) is 0 Å². The third kappa shape index (κ3) is 2.33. The normalized spacial score (nSPS) is 10.8. The summed E-state index contributed by atoms with van der Waals surface area (Å²) in [5, 5.41) is 5.40. The number of pyridine rings is 1. The van der Waals surface area contributed by atoms with Gasteiger partial charge in [0, 0.05) is 22.1 Å². The number of fused-ring (bicyclic) bond motifs is 1. The van der Waals surface area contributed by atoms with Gasteiger partial charge in [0.25, 0.3) is 0 Å². The molecule has 0 unspecified atom stereocenters. The van der Waals surface area contributed by atoms with Crippen molar-refractivity contribution in [1.82, 2.24) is 14.8 Å². The molecular weight excluding hydrogens is 306 g/mol. The van der Waals surface area contributed by atoms with Crippen molar-refractivity contribution in [1.29, 1.82) is 0 Å². The molecule has 0 fully saturated rings. The second kappa shape index (κ2) is 5.01. The van der Waals surface area contributed by atoms with E-state index in [0.717, 1.165) is 21.1 Å². The fraction of sp³-hybridized carbons (Fsp3) is 0.143. The lowest BCUT2D eigenvalue weighted by Gasteiger charge is -2.05. The van der Waals surface area contributed by atoms with Crippen LogP contribution >= 0.6 is 15.9 Å². The Morgan fingerprint density at radius 2 is 2.16 bits per heavy atom. The van der Waals surface area contributed by atoms with Gasteiger partial charge in [-0.05, 0) is 25.1 Å². The first-order valence-corrected chi connectivity index (χ1v) is 6.80. The zero-order valence-corrected chi connectivity index (χ0v) is 12.0. The third-order valence-electron chi connectivity index (χ3n) is 2.77. The van der Waals surface area contributed by atoms with Crippen LogP contribution in [0.2, 0.25) is 0 Å². The maximum atomic E-state index is 5.44. The molecule has 2 heterocycles. The van der Waals surface area contributed by atoms with Gasteiger partial charge in [0.2, 0.25) is 5.88 Å². The monoisotopic (exact) mass is 317 g/mol. The molecule has 0 saturated heterocycles. The fourth-order valence-corrected chi connectivity index (χ4v) is 2.33. The van der Waals surface area contributed by atoms with Crippen molar-refractivity contribution in [3.05, 3.63) is 47.2 Å². The Bertz CT molecular complexity index is 724. The Labute approximate surface area is 119 Å². The average Bonchev–Trinajstić information content (AvgIpc) is 2.82. The summed E-state index contributed by atoms with van der Waals surface area (Å²) in [4.78, 5) is 4.24. The van der Waals surface area contributed by atoms with Crippen LogP contribution in [0.3, 0.4) is 0 Å². The van der Waals surface area contributed by atoms with Gasteiger partial charge in [0.05, 0.1) is 24.0 Å². The number of nitrogens with zero attached hydrogens (tertiary/aromatic N) is 3. The summed E-state index contributed by atoms with van der Waals surface area (Å²) in [5.74, 6) is 0.617. The molecule has 0 radical (unpaired) electrons. The first-order valence-electron chi connectivity index (χ1n) is 6.00. The number of hydrogen-bond acceptors (Lipinski definition) is 3. The summed E-state index contributed by atoms with van der Waals surface area (Å²) in [5.41, 5.74) is 1.98. The Balaban J connectivity index is 2.15. The third-order valence-corrected chi connectivity index (χ3v) is 3.27. The highest BCUT2D eigenvalue weighted by Gasteiger charge is 2.07. The smallest absolute Gasteiger partial charge is 0.215 e. The lowest BCUT2D eigenvalue weighted by Crippen LogP contribution is -1.97. The quantitative estimate of drug-likeness (QED) is 0.741. The van der Waals surface area contributed by atoms with E-state index in [-0.39, 0.29) is 0 Å². The minimum absolute atomic E-state index is 0.601. The van der Waals surface area contributed by atoms with Gasteiger partial charge >= 0.3 is 0 Å². The van der Waals surface area contributed by atoms with Gasteiger partial charge < -0.3 is 4.74 Å². The van der Waals surface area contributed by atoms with Crippen LogP contribution in [0.1, 0.15) is 6.92 Å². The Hall–Kier alpha value is -1.88. The molecule has 0 atom stereocenters. The van der Waals surface area contributed by atoms with E-state index in [1.807, 2.05) is 41.9 Å². The van der Waals surface area contributed by atoms with Crippen molar-refractivity contribution in [2.24, 2.45) is 0 Å². The highest BCUT2D eigenvalue weighted by molar-refractivity contribution is 9.10. The molecule has 3 aromatic rings. The van der Waals surface area contributed by atoms with Crippen molar-refractivity contribution in [3.63, 3.8) is 0 Å². The van der Waals surface area contributed by atoms with Crippen LogP contribution in [0.5, 0.6) is 5.88 Å². The molecule has 96 valence electrons. The van der Waals surface area contributed by atoms with Crippen molar-refractivity contribution in [3.8, 4) is 11.6 Å². The van der Waals surface area contributed by atoms with Crippen molar-refractivity contribution in [2.45, 2.75) is 6.92 Å². The van der Waals surface area contributed by atoms with Gasteiger partial charge in [-0.15, -0.1) is 0 Å².